The van der Waals surface area contributed by atoms with Gasteiger partial charge in [-0.05, 0) is 12.5 Å². The second kappa shape index (κ2) is 5.61. The van der Waals surface area contributed by atoms with Gasteiger partial charge in [0.1, 0.15) is 0 Å². The summed E-state index contributed by atoms with van der Waals surface area (Å²) in [6.45, 7) is 10.4. The van der Waals surface area contributed by atoms with Crippen LogP contribution in [-0.2, 0) is 20.0 Å². The van der Waals surface area contributed by atoms with E-state index in [0.717, 1.165) is 19.0 Å². The molecule has 1 aromatic heterocycles. The Morgan fingerprint density at radius 3 is 2.53 bits per heavy atom. The van der Waals surface area contributed by atoms with Crippen LogP contribution < -0.4 is 5.32 Å². The van der Waals surface area contributed by atoms with E-state index in [0.29, 0.717) is 0 Å². The average Bonchev–Trinajstić information content (AvgIpc) is 2.71. The van der Waals surface area contributed by atoms with Gasteiger partial charge < -0.3 is 5.32 Å². The average molecular weight is 263 g/mol. The summed E-state index contributed by atoms with van der Waals surface area (Å²) < 4.78 is 2.04. The first-order chi connectivity index (χ1) is 9.26. The maximum absolute atomic E-state index is 4.53. The van der Waals surface area contributed by atoms with Gasteiger partial charge in [0.2, 0.25) is 0 Å². The Kier molecular flexibility index (Phi) is 3.86. The van der Waals surface area contributed by atoms with Gasteiger partial charge >= 0.3 is 0 Å². The first-order valence-electron chi connectivity index (χ1n) is 7.45. The molecular weight excluding hydrogens is 238 g/mol. The lowest BCUT2D eigenvalue weighted by Gasteiger charge is -2.43. The van der Waals surface area contributed by atoms with Gasteiger partial charge in [0.05, 0.1) is 11.4 Å². The van der Waals surface area contributed by atoms with Crippen LogP contribution in [0.15, 0.2) is 6.07 Å². The molecule has 106 valence electrons. The lowest BCUT2D eigenvalue weighted by atomic mass is 10.1. The Morgan fingerprint density at radius 1 is 1.26 bits per heavy atom. The summed E-state index contributed by atoms with van der Waals surface area (Å²) >= 11 is 0. The summed E-state index contributed by atoms with van der Waals surface area (Å²) in [6.07, 6.45) is 1.02. The highest BCUT2D eigenvalue weighted by molar-refractivity contribution is 5.10. The van der Waals surface area contributed by atoms with E-state index in [1.54, 1.807) is 0 Å². The Bertz CT molecular complexity index is 415. The molecule has 0 spiro atoms. The zero-order chi connectivity index (χ0) is 13.2. The maximum Gasteiger partial charge on any atom is 0.0625 e. The number of aromatic nitrogens is 2. The minimum atomic E-state index is 0.797. The molecule has 2 fully saturated rings. The van der Waals surface area contributed by atoms with Crippen LogP contribution >= 0.6 is 0 Å². The largest absolute Gasteiger partial charge is 0.314 e. The van der Waals surface area contributed by atoms with Crippen molar-refractivity contribution in [3.63, 3.8) is 0 Å². The molecule has 0 unspecified atom stereocenters. The monoisotopic (exact) mass is 263 g/mol. The third-order valence-corrected chi connectivity index (χ3v) is 4.46. The van der Waals surface area contributed by atoms with Crippen LogP contribution in [0.1, 0.15) is 18.3 Å². The predicted octanol–water partition coefficient (Wildman–Crippen LogP) is 0.0719. The minimum Gasteiger partial charge on any atom is -0.314 e. The molecule has 0 aromatic carbocycles. The highest BCUT2D eigenvalue weighted by Gasteiger charge is 2.27. The molecule has 0 amide bonds. The third kappa shape index (κ3) is 2.83. The summed E-state index contributed by atoms with van der Waals surface area (Å²) in [5.74, 6) is 0. The molecule has 0 bridgehead atoms. The number of nitrogens with zero attached hydrogens (tertiary/aromatic N) is 4. The predicted molar refractivity (Wildman–Crippen MR) is 76.1 cm³/mol. The lowest BCUT2D eigenvalue weighted by molar-refractivity contribution is 0.0685. The topological polar surface area (TPSA) is 36.3 Å². The van der Waals surface area contributed by atoms with Crippen LogP contribution in [0.4, 0.5) is 0 Å². The standard InChI is InChI=1S/C14H25N5/c1-3-12-8-13(17(2)16-12)11-18-4-6-19(7-5-18)14-9-15-10-14/h8,14-15H,3-7,9-11H2,1-2H3. The molecular formula is C14H25N5. The highest BCUT2D eigenvalue weighted by Crippen LogP contribution is 2.13. The van der Waals surface area contributed by atoms with Crippen molar-refractivity contribution in [3.8, 4) is 0 Å². The van der Waals surface area contributed by atoms with Crippen molar-refractivity contribution in [2.75, 3.05) is 39.3 Å². The highest BCUT2D eigenvalue weighted by atomic mass is 15.3. The molecule has 3 rings (SSSR count). The molecule has 5 heteroatoms. The van der Waals surface area contributed by atoms with Gasteiger partial charge in [0.25, 0.3) is 0 Å². The molecule has 5 nitrogen and oxygen atoms in total. The van der Waals surface area contributed by atoms with E-state index in [9.17, 15) is 0 Å². The van der Waals surface area contributed by atoms with E-state index in [4.69, 9.17) is 0 Å². The first-order valence-corrected chi connectivity index (χ1v) is 7.45. The Hall–Kier alpha value is -0.910. The summed E-state index contributed by atoms with van der Waals surface area (Å²) in [4.78, 5) is 5.19. The lowest BCUT2D eigenvalue weighted by Crippen LogP contribution is -2.61. The van der Waals surface area contributed by atoms with Crippen LogP contribution in [0, 0.1) is 0 Å². The quantitative estimate of drug-likeness (QED) is 0.834. The van der Waals surface area contributed by atoms with Gasteiger partial charge in [-0.2, -0.15) is 5.10 Å². The fraction of sp³-hybridized carbons (Fsp3) is 0.786. The van der Waals surface area contributed by atoms with Crippen LogP contribution in [-0.4, -0.2) is 64.9 Å². The van der Waals surface area contributed by atoms with Crippen LogP contribution in [0.5, 0.6) is 0 Å². The van der Waals surface area contributed by atoms with E-state index in [1.807, 2.05) is 4.68 Å². The molecule has 1 aromatic rings. The van der Waals surface area contributed by atoms with Crippen LogP contribution in [0.3, 0.4) is 0 Å². The second-order valence-electron chi connectivity index (χ2n) is 5.73. The van der Waals surface area contributed by atoms with E-state index in [2.05, 4.69) is 40.3 Å². The van der Waals surface area contributed by atoms with E-state index in [1.165, 1.54) is 50.7 Å². The molecule has 2 saturated heterocycles. The Balaban J connectivity index is 1.52. The summed E-state index contributed by atoms with van der Waals surface area (Å²) in [5.41, 5.74) is 2.55. The van der Waals surface area contributed by atoms with Gasteiger partial charge in [-0.1, -0.05) is 6.92 Å². The molecule has 0 atom stereocenters. The summed E-state index contributed by atoms with van der Waals surface area (Å²) in [7, 11) is 2.06. The van der Waals surface area contributed by atoms with Crippen molar-refractivity contribution in [1.29, 1.82) is 0 Å². The molecule has 2 aliphatic heterocycles. The van der Waals surface area contributed by atoms with Crippen molar-refractivity contribution in [3.05, 3.63) is 17.5 Å². The Morgan fingerprint density at radius 2 is 2.00 bits per heavy atom. The fourth-order valence-electron chi connectivity index (χ4n) is 2.94. The normalized spacial score (nSPS) is 22.6. The first kappa shape index (κ1) is 13.1. The fourth-order valence-corrected chi connectivity index (χ4v) is 2.94. The van der Waals surface area contributed by atoms with Gasteiger partial charge in [-0.15, -0.1) is 0 Å². The molecule has 0 radical (unpaired) electrons. The number of hydrogen-bond donors (Lipinski definition) is 1. The molecule has 0 saturated carbocycles. The van der Waals surface area contributed by atoms with Crippen molar-refractivity contribution in [2.24, 2.45) is 7.05 Å². The van der Waals surface area contributed by atoms with Crippen molar-refractivity contribution >= 4 is 0 Å². The van der Waals surface area contributed by atoms with E-state index in [-0.39, 0.29) is 0 Å². The maximum atomic E-state index is 4.53. The van der Waals surface area contributed by atoms with E-state index < -0.39 is 0 Å². The zero-order valence-corrected chi connectivity index (χ0v) is 12.1. The Labute approximate surface area is 115 Å². The summed E-state index contributed by atoms with van der Waals surface area (Å²) in [6, 6.07) is 3.05. The van der Waals surface area contributed by atoms with Gasteiger partial charge in [0.15, 0.2) is 0 Å². The number of aryl methyl sites for hydroxylation is 2. The van der Waals surface area contributed by atoms with Crippen molar-refractivity contribution in [2.45, 2.75) is 25.9 Å². The van der Waals surface area contributed by atoms with E-state index >= 15 is 0 Å². The van der Waals surface area contributed by atoms with Gasteiger partial charge in [-0.3, -0.25) is 14.5 Å². The molecule has 3 heterocycles. The second-order valence-corrected chi connectivity index (χ2v) is 5.73. The van der Waals surface area contributed by atoms with Crippen molar-refractivity contribution in [1.82, 2.24) is 24.9 Å². The number of rotatable bonds is 4. The zero-order valence-electron chi connectivity index (χ0n) is 12.1. The van der Waals surface area contributed by atoms with Crippen molar-refractivity contribution < 1.29 is 0 Å². The smallest absolute Gasteiger partial charge is 0.0625 e. The summed E-state index contributed by atoms with van der Waals surface area (Å²) in [5, 5.41) is 7.89. The molecule has 19 heavy (non-hydrogen) atoms. The van der Waals surface area contributed by atoms with Gasteiger partial charge in [-0.25, -0.2) is 0 Å². The van der Waals surface area contributed by atoms with Gasteiger partial charge in [0, 0.05) is 58.9 Å². The molecule has 0 aliphatic carbocycles. The number of hydrogen-bond acceptors (Lipinski definition) is 4. The molecule has 1 N–H and O–H groups in total. The minimum absolute atomic E-state index is 0.797. The third-order valence-electron chi connectivity index (χ3n) is 4.46. The number of nitrogens with one attached hydrogen (secondary N) is 1. The van der Waals surface area contributed by atoms with Crippen LogP contribution in [0.2, 0.25) is 0 Å². The van der Waals surface area contributed by atoms with Crippen LogP contribution in [0.25, 0.3) is 0 Å². The SMILES string of the molecule is CCc1cc(CN2CCN(C3CNC3)CC2)n(C)n1. The molecule has 2 aliphatic rings. The number of piperazine rings is 1.